The van der Waals surface area contributed by atoms with Gasteiger partial charge in [-0.05, 0) is 24.3 Å². The Morgan fingerprint density at radius 2 is 1.69 bits per heavy atom. The average molecular weight is 368 g/mol. The highest BCUT2D eigenvalue weighted by Crippen LogP contribution is 2.24. The predicted molar refractivity (Wildman–Crippen MR) is 102 cm³/mol. The molecule has 132 valence electrons. The number of amides is 3. The van der Waals surface area contributed by atoms with Gasteiger partial charge in [-0.1, -0.05) is 30.3 Å². The molecule has 7 nitrogen and oxygen atoms in total. The molecular formula is C18H16N4O3S. The van der Waals surface area contributed by atoms with Crippen molar-refractivity contribution in [3.8, 4) is 5.75 Å². The van der Waals surface area contributed by atoms with Crippen LogP contribution in [-0.4, -0.2) is 24.0 Å². The van der Waals surface area contributed by atoms with Crippen molar-refractivity contribution in [2.45, 2.75) is 0 Å². The van der Waals surface area contributed by atoms with Gasteiger partial charge in [0, 0.05) is 11.1 Å². The van der Waals surface area contributed by atoms with E-state index in [2.05, 4.69) is 20.9 Å². The zero-order valence-corrected chi connectivity index (χ0v) is 14.7. The van der Waals surface area contributed by atoms with Gasteiger partial charge in [0.25, 0.3) is 5.91 Å². The lowest BCUT2D eigenvalue weighted by Crippen LogP contribution is -2.19. The Labute approximate surface area is 154 Å². The molecular weight excluding hydrogens is 352 g/mol. The first-order chi connectivity index (χ1) is 12.7. The molecule has 3 aromatic rings. The summed E-state index contributed by atoms with van der Waals surface area (Å²) in [6.45, 7) is 0. The first-order valence-electron chi connectivity index (χ1n) is 7.68. The summed E-state index contributed by atoms with van der Waals surface area (Å²) in [5.41, 5.74) is 1.41. The minimum absolute atomic E-state index is 0.205. The number of carbonyl (C=O) groups is 2. The maximum absolute atomic E-state index is 12.3. The van der Waals surface area contributed by atoms with Crippen LogP contribution in [0.15, 0.2) is 60.0 Å². The van der Waals surface area contributed by atoms with Crippen molar-refractivity contribution in [3.63, 3.8) is 0 Å². The number of anilines is 3. The zero-order valence-electron chi connectivity index (χ0n) is 13.9. The second kappa shape index (κ2) is 8.13. The summed E-state index contributed by atoms with van der Waals surface area (Å²) in [6.07, 6.45) is 0. The Morgan fingerprint density at radius 3 is 2.46 bits per heavy atom. The highest BCUT2D eigenvalue weighted by atomic mass is 32.1. The van der Waals surface area contributed by atoms with Crippen molar-refractivity contribution in [1.29, 1.82) is 0 Å². The van der Waals surface area contributed by atoms with Crippen molar-refractivity contribution >= 4 is 39.8 Å². The molecule has 0 bridgehead atoms. The number of urea groups is 1. The molecule has 0 radical (unpaired) electrons. The Kier molecular flexibility index (Phi) is 5.45. The molecule has 26 heavy (non-hydrogen) atoms. The molecule has 0 saturated carbocycles. The van der Waals surface area contributed by atoms with Crippen LogP contribution < -0.4 is 20.7 Å². The fourth-order valence-corrected chi connectivity index (χ4v) is 2.84. The molecule has 3 amide bonds. The van der Waals surface area contributed by atoms with Gasteiger partial charge in [-0.2, -0.15) is 0 Å². The summed E-state index contributed by atoms with van der Waals surface area (Å²) in [5.74, 6) is 0.166. The number of para-hydroxylation sites is 3. The Balaban J connectivity index is 1.62. The second-order valence-corrected chi connectivity index (χ2v) is 6.00. The van der Waals surface area contributed by atoms with E-state index in [9.17, 15) is 9.59 Å². The number of aromatic nitrogens is 1. The summed E-state index contributed by atoms with van der Waals surface area (Å²) in [7, 11) is 1.53. The van der Waals surface area contributed by atoms with Gasteiger partial charge in [0.05, 0.1) is 12.8 Å². The molecule has 0 atom stereocenters. The van der Waals surface area contributed by atoms with E-state index in [0.717, 1.165) is 11.3 Å². The smallest absolute Gasteiger partial charge is 0.325 e. The lowest BCUT2D eigenvalue weighted by molar-refractivity contribution is 0.102. The van der Waals surface area contributed by atoms with Gasteiger partial charge in [0.1, 0.15) is 11.4 Å². The molecule has 3 N–H and O–H groups in total. The molecule has 0 aliphatic carbocycles. The zero-order chi connectivity index (χ0) is 18.4. The van der Waals surface area contributed by atoms with Gasteiger partial charge in [0.2, 0.25) is 0 Å². The van der Waals surface area contributed by atoms with E-state index in [1.165, 1.54) is 7.11 Å². The van der Waals surface area contributed by atoms with Gasteiger partial charge in [-0.15, -0.1) is 11.3 Å². The number of thiazole rings is 1. The van der Waals surface area contributed by atoms with Crippen LogP contribution in [0.5, 0.6) is 5.75 Å². The topological polar surface area (TPSA) is 92.4 Å². The standard InChI is InChI=1S/C18H16N4O3S/c1-25-15-10-6-5-9-13(15)20-16(23)14-11-26-18(21-14)22-17(24)19-12-7-3-2-4-8-12/h2-11H,1H3,(H,20,23)(H2,19,21,22,24). The molecule has 3 rings (SSSR count). The van der Waals surface area contributed by atoms with Crippen LogP contribution in [-0.2, 0) is 0 Å². The number of ether oxygens (including phenoxy) is 1. The summed E-state index contributed by atoms with van der Waals surface area (Å²) in [5, 5.41) is 9.92. The third-order valence-electron chi connectivity index (χ3n) is 3.34. The van der Waals surface area contributed by atoms with E-state index in [4.69, 9.17) is 4.74 Å². The lowest BCUT2D eigenvalue weighted by Gasteiger charge is -2.08. The largest absolute Gasteiger partial charge is 0.495 e. The number of methoxy groups -OCH3 is 1. The molecule has 0 spiro atoms. The fourth-order valence-electron chi connectivity index (χ4n) is 2.15. The van der Waals surface area contributed by atoms with E-state index in [0.29, 0.717) is 22.3 Å². The molecule has 0 aliphatic rings. The number of hydrogen-bond donors (Lipinski definition) is 3. The van der Waals surface area contributed by atoms with Crippen molar-refractivity contribution in [2.24, 2.45) is 0 Å². The van der Waals surface area contributed by atoms with E-state index >= 15 is 0 Å². The molecule has 2 aromatic carbocycles. The van der Waals surface area contributed by atoms with Crippen molar-refractivity contribution in [1.82, 2.24) is 4.98 Å². The molecule has 1 aromatic heterocycles. The average Bonchev–Trinajstić information content (AvgIpc) is 3.11. The Bertz CT molecular complexity index is 912. The minimum Gasteiger partial charge on any atom is -0.495 e. The second-order valence-electron chi connectivity index (χ2n) is 5.14. The van der Waals surface area contributed by atoms with Crippen molar-refractivity contribution < 1.29 is 14.3 Å². The first-order valence-corrected chi connectivity index (χ1v) is 8.56. The number of hydrogen-bond acceptors (Lipinski definition) is 5. The number of nitrogens with one attached hydrogen (secondary N) is 3. The summed E-state index contributed by atoms with van der Waals surface area (Å²) < 4.78 is 5.20. The highest BCUT2D eigenvalue weighted by molar-refractivity contribution is 7.14. The quantitative estimate of drug-likeness (QED) is 0.633. The van der Waals surface area contributed by atoms with Crippen LogP contribution in [0.2, 0.25) is 0 Å². The lowest BCUT2D eigenvalue weighted by atomic mass is 10.3. The Morgan fingerprint density at radius 1 is 0.962 bits per heavy atom. The number of carbonyl (C=O) groups excluding carboxylic acids is 2. The number of nitrogens with zero attached hydrogens (tertiary/aromatic N) is 1. The van der Waals surface area contributed by atoms with Gasteiger partial charge in [-0.25, -0.2) is 9.78 Å². The third-order valence-corrected chi connectivity index (χ3v) is 4.10. The van der Waals surface area contributed by atoms with Crippen LogP contribution in [0, 0.1) is 0 Å². The van der Waals surface area contributed by atoms with Crippen LogP contribution in [0.25, 0.3) is 0 Å². The molecule has 8 heteroatoms. The predicted octanol–water partition coefficient (Wildman–Crippen LogP) is 4.05. The molecule has 0 fully saturated rings. The molecule has 0 aliphatic heterocycles. The van der Waals surface area contributed by atoms with Crippen LogP contribution in [0.4, 0.5) is 21.3 Å². The molecule has 1 heterocycles. The fraction of sp³-hybridized carbons (Fsp3) is 0.0556. The first kappa shape index (κ1) is 17.4. The van der Waals surface area contributed by atoms with Crippen LogP contribution >= 0.6 is 11.3 Å². The highest BCUT2D eigenvalue weighted by Gasteiger charge is 2.14. The molecule has 0 saturated heterocycles. The minimum atomic E-state index is -0.428. The normalized spacial score (nSPS) is 10.0. The summed E-state index contributed by atoms with van der Waals surface area (Å²) >= 11 is 1.16. The van der Waals surface area contributed by atoms with Crippen LogP contribution in [0.1, 0.15) is 10.5 Å². The maximum Gasteiger partial charge on any atom is 0.325 e. The van der Waals surface area contributed by atoms with E-state index < -0.39 is 6.03 Å². The van der Waals surface area contributed by atoms with E-state index in [1.54, 1.807) is 35.7 Å². The van der Waals surface area contributed by atoms with Gasteiger partial charge < -0.3 is 15.4 Å². The van der Waals surface area contributed by atoms with Gasteiger partial charge >= 0.3 is 6.03 Å². The summed E-state index contributed by atoms with van der Waals surface area (Å²) in [6, 6.07) is 15.7. The number of rotatable bonds is 5. The SMILES string of the molecule is COc1ccccc1NC(=O)c1csc(NC(=O)Nc2ccccc2)n1. The third kappa shape index (κ3) is 4.37. The van der Waals surface area contributed by atoms with Crippen LogP contribution in [0.3, 0.4) is 0 Å². The Hall–Kier alpha value is -3.39. The van der Waals surface area contributed by atoms with Crippen molar-refractivity contribution in [2.75, 3.05) is 23.1 Å². The number of benzene rings is 2. The van der Waals surface area contributed by atoms with Gasteiger partial charge in [0.15, 0.2) is 5.13 Å². The molecule has 0 unspecified atom stereocenters. The van der Waals surface area contributed by atoms with E-state index in [1.807, 2.05) is 24.3 Å². The maximum atomic E-state index is 12.3. The van der Waals surface area contributed by atoms with Gasteiger partial charge in [-0.3, -0.25) is 10.1 Å². The van der Waals surface area contributed by atoms with E-state index in [-0.39, 0.29) is 11.6 Å². The monoisotopic (exact) mass is 368 g/mol. The van der Waals surface area contributed by atoms with Crippen molar-refractivity contribution in [3.05, 3.63) is 65.7 Å². The summed E-state index contributed by atoms with van der Waals surface area (Å²) in [4.78, 5) is 28.4.